The van der Waals surface area contributed by atoms with E-state index in [4.69, 9.17) is 4.74 Å². The number of nitrogens with zero attached hydrogens (tertiary/aromatic N) is 2. The highest BCUT2D eigenvalue weighted by atomic mass is 35.5. The van der Waals surface area contributed by atoms with Crippen LogP contribution in [0, 0.1) is 5.92 Å². The molecule has 1 heterocycles. The van der Waals surface area contributed by atoms with Crippen molar-refractivity contribution in [2.24, 2.45) is 5.92 Å². The SMILES string of the molecule is CN(C)CCN(C)[C@@H]1[C@H](O)[C@H](CO)O[C@@H]1CNC(=O)C1CCCC1.Cl.Cl. The Kier molecular flexibility index (Phi) is 12.3. The number of aliphatic hydroxyl groups is 2. The van der Waals surface area contributed by atoms with Gasteiger partial charge < -0.3 is 25.2 Å². The molecule has 0 spiro atoms. The van der Waals surface area contributed by atoms with Gasteiger partial charge >= 0.3 is 0 Å². The predicted octanol–water partition coefficient (Wildman–Crippen LogP) is 0.119. The van der Waals surface area contributed by atoms with Crippen LogP contribution in [0.4, 0.5) is 0 Å². The fourth-order valence-corrected chi connectivity index (χ4v) is 3.73. The second-order valence-corrected chi connectivity index (χ2v) is 7.39. The van der Waals surface area contributed by atoms with Gasteiger partial charge in [0.2, 0.25) is 5.91 Å². The Morgan fingerprint density at radius 1 is 1.12 bits per heavy atom. The molecule has 2 fully saturated rings. The van der Waals surface area contributed by atoms with Gasteiger partial charge in [-0.1, -0.05) is 12.8 Å². The van der Waals surface area contributed by atoms with Crippen LogP contribution < -0.4 is 5.32 Å². The Balaban J connectivity index is 0.00000312. The average molecular weight is 416 g/mol. The van der Waals surface area contributed by atoms with Gasteiger partial charge in [0.25, 0.3) is 0 Å². The first-order valence-corrected chi connectivity index (χ1v) is 9.01. The predicted molar refractivity (Wildman–Crippen MR) is 106 cm³/mol. The molecule has 1 aliphatic carbocycles. The van der Waals surface area contributed by atoms with Crippen LogP contribution in [0.15, 0.2) is 0 Å². The molecule has 7 nitrogen and oxygen atoms in total. The van der Waals surface area contributed by atoms with E-state index in [1.165, 1.54) is 0 Å². The molecule has 0 aromatic heterocycles. The first kappa shape index (κ1) is 25.9. The third kappa shape index (κ3) is 6.78. The summed E-state index contributed by atoms with van der Waals surface area (Å²) >= 11 is 0. The minimum atomic E-state index is -0.754. The maximum Gasteiger partial charge on any atom is 0.223 e. The van der Waals surface area contributed by atoms with Crippen molar-refractivity contribution >= 4 is 30.7 Å². The van der Waals surface area contributed by atoms with Crippen LogP contribution in [0.25, 0.3) is 0 Å². The van der Waals surface area contributed by atoms with Crippen LogP contribution in [-0.2, 0) is 9.53 Å². The second-order valence-electron chi connectivity index (χ2n) is 7.39. The van der Waals surface area contributed by atoms with Crippen molar-refractivity contribution in [3.05, 3.63) is 0 Å². The lowest BCUT2D eigenvalue weighted by molar-refractivity contribution is -0.125. The largest absolute Gasteiger partial charge is 0.394 e. The Morgan fingerprint density at radius 2 is 1.73 bits per heavy atom. The maximum absolute atomic E-state index is 12.2. The van der Waals surface area contributed by atoms with Gasteiger partial charge in [-0.25, -0.2) is 0 Å². The molecule has 1 aliphatic heterocycles. The number of halogens is 2. The molecule has 4 atom stereocenters. The summed E-state index contributed by atoms with van der Waals surface area (Å²) in [4.78, 5) is 16.4. The van der Waals surface area contributed by atoms with Crippen LogP contribution in [0.1, 0.15) is 25.7 Å². The molecule has 0 unspecified atom stereocenters. The van der Waals surface area contributed by atoms with Crippen molar-refractivity contribution in [1.29, 1.82) is 0 Å². The van der Waals surface area contributed by atoms with Crippen molar-refractivity contribution in [3.63, 3.8) is 0 Å². The second kappa shape index (κ2) is 12.3. The molecule has 0 aromatic carbocycles. The number of ether oxygens (including phenoxy) is 1. The molecular weight excluding hydrogens is 381 g/mol. The average Bonchev–Trinajstić information content (AvgIpc) is 3.18. The van der Waals surface area contributed by atoms with E-state index in [-0.39, 0.29) is 55.4 Å². The van der Waals surface area contributed by atoms with Crippen molar-refractivity contribution in [1.82, 2.24) is 15.1 Å². The van der Waals surface area contributed by atoms with Crippen molar-refractivity contribution in [2.45, 2.75) is 50.0 Å². The molecule has 26 heavy (non-hydrogen) atoms. The molecule has 3 N–H and O–H groups in total. The smallest absolute Gasteiger partial charge is 0.223 e. The Hall–Kier alpha value is -0.150. The van der Waals surface area contributed by atoms with Gasteiger partial charge in [-0.3, -0.25) is 9.69 Å². The third-order valence-corrected chi connectivity index (χ3v) is 5.25. The van der Waals surface area contributed by atoms with E-state index in [9.17, 15) is 15.0 Å². The molecule has 156 valence electrons. The van der Waals surface area contributed by atoms with Crippen molar-refractivity contribution < 1.29 is 19.7 Å². The van der Waals surface area contributed by atoms with Crippen LogP contribution in [0.5, 0.6) is 0 Å². The molecular formula is C17H35Cl2N3O4. The quantitative estimate of drug-likeness (QED) is 0.521. The van der Waals surface area contributed by atoms with Gasteiger partial charge in [0.15, 0.2) is 0 Å². The number of aliphatic hydroxyl groups excluding tert-OH is 2. The standard InChI is InChI=1S/C17H33N3O4.2ClH/c1-19(2)8-9-20(3)15-13(24-14(11-21)16(15)22)10-18-17(23)12-6-4-5-7-12;;/h12-16,21-22H,4-11H2,1-3H3,(H,18,23);2*1H/t13-,14+,15+,16-;;/m1../s1. The summed E-state index contributed by atoms with van der Waals surface area (Å²) in [5.41, 5.74) is 0. The maximum atomic E-state index is 12.2. The topological polar surface area (TPSA) is 85.3 Å². The van der Waals surface area contributed by atoms with E-state index in [2.05, 4.69) is 15.1 Å². The molecule has 1 saturated heterocycles. The molecule has 2 aliphatic rings. The Labute approximate surface area is 169 Å². The third-order valence-electron chi connectivity index (χ3n) is 5.25. The summed E-state index contributed by atoms with van der Waals surface area (Å²) in [6.07, 6.45) is 2.52. The van der Waals surface area contributed by atoms with Gasteiger partial charge in [0, 0.05) is 25.6 Å². The summed E-state index contributed by atoms with van der Waals surface area (Å²) in [5, 5.41) is 22.9. The molecule has 0 radical (unpaired) electrons. The number of nitrogens with one attached hydrogen (secondary N) is 1. The monoisotopic (exact) mass is 415 g/mol. The van der Waals surface area contributed by atoms with Gasteiger partial charge in [-0.2, -0.15) is 0 Å². The molecule has 1 saturated carbocycles. The van der Waals surface area contributed by atoms with E-state index in [0.29, 0.717) is 6.54 Å². The lowest BCUT2D eigenvalue weighted by atomic mass is 10.0. The van der Waals surface area contributed by atoms with Gasteiger partial charge in [0.05, 0.1) is 18.8 Å². The number of hydrogen-bond acceptors (Lipinski definition) is 6. The molecule has 0 aromatic rings. The van der Waals surface area contributed by atoms with Crippen LogP contribution in [0.2, 0.25) is 0 Å². The minimum Gasteiger partial charge on any atom is -0.394 e. The summed E-state index contributed by atoms with van der Waals surface area (Å²) in [7, 11) is 5.96. The van der Waals surface area contributed by atoms with E-state index in [1.54, 1.807) is 0 Å². The number of rotatable bonds is 8. The Bertz CT molecular complexity index is 411. The number of hydrogen-bond donors (Lipinski definition) is 3. The highest BCUT2D eigenvalue weighted by Gasteiger charge is 2.45. The zero-order chi connectivity index (χ0) is 17.7. The highest BCUT2D eigenvalue weighted by molar-refractivity contribution is 5.85. The molecule has 2 rings (SSSR count). The fourth-order valence-electron chi connectivity index (χ4n) is 3.73. The van der Waals surface area contributed by atoms with Crippen LogP contribution in [0.3, 0.4) is 0 Å². The lowest BCUT2D eigenvalue weighted by Gasteiger charge is -2.31. The first-order chi connectivity index (χ1) is 11.4. The van der Waals surface area contributed by atoms with Crippen LogP contribution in [-0.4, -0.2) is 97.7 Å². The summed E-state index contributed by atoms with van der Waals surface area (Å²) in [6.45, 7) is 1.81. The summed E-state index contributed by atoms with van der Waals surface area (Å²) < 4.78 is 5.81. The Morgan fingerprint density at radius 3 is 2.27 bits per heavy atom. The fraction of sp³-hybridized carbons (Fsp3) is 0.941. The van der Waals surface area contributed by atoms with Gasteiger partial charge in [-0.05, 0) is 34.0 Å². The first-order valence-electron chi connectivity index (χ1n) is 9.01. The van der Waals surface area contributed by atoms with E-state index in [0.717, 1.165) is 38.8 Å². The number of amides is 1. The summed E-state index contributed by atoms with van der Waals surface area (Å²) in [6, 6.07) is -0.231. The molecule has 9 heteroatoms. The zero-order valence-electron chi connectivity index (χ0n) is 16.0. The van der Waals surface area contributed by atoms with Crippen LogP contribution >= 0.6 is 24.8 Å². The van der Waals surface area contributed by atoms with Gasteiger partial charge in [-0.15, -0.1) is 24.8 Å². The molecule has 0 bridgehead atoms. The summed E-state index contributed by atoms with van der Waals surface area (Å²) in [5.74, 6) is 0.211. The van der Waals surface area contributed by atoms with Crippen molar-refractivity contribution in [3.8, 4) is 0 Å². The number of likely N-dealkylation sites (N-methyl/N-ethyl adjacent to an activating group) is 2. The molecule has 1 amide bonds. The van der Waals surface area contributed by atoms with Crippen molar-refractivity contribution in [2.75, 3.05) is 47.4 Å². The lowest BCUT2D eigenvalue weighted by Crippen LogP contribution is -2.51. The van der Waals surface area contributed by atoms with E-state index in [1.807, 2.05) is 21.1 Å². The number of carbonyl (C=O) groups excluding carboxylic acids is 1. The van der Waals surface area contributed by atoms with E-state index >= 15 is 0 Å². The number of carbonyl (C=O) groups is 1. The van der Waals surface area contributed by atoms with E-state index < -0.39 is 12.2 Å². The van der Waals surface area contributed by atoms with Gasteiger partial charge in [0.1, 0.15) is 12.2 Å². The zero-order valence-corrected chi connectivity index (χ0v) is 17.6. The normalized spacial score (nSPS) is 28.9. The highest BCUT2D eigenvalue weighted by Crippen LogP contribution is 2.26. The minimum absolute atomic E-state index is 0.